The lowest BCUT2D eigenvalue weighted by atomic mass is 9.95. The zero-order valence-electron chi connectivity index (χ0n) is 17.7. The molecule has 1 amide bonds. The minimum Gasteiger partial charge on any atom is -0.355 e. The Morgan fingerprint density at radius 1 is 1.03 bits per heavy atom. The number of fused-ring (bicyclic) bond motifs is 1. The average Bonchev–Trinajstić information content (AvgIpc) is 2.79. The second-order valence-corrected chi connectivity index (χ2v) is 9.70. The lowest BCUT2D eigenvalue weighted by Gasteiger charge is -2.31. The Morgan fingerprint density at radius 2 is 1.81 bits per heavy atom. The van der Waals surface area contributed by atoms with Gasteiger partial charge in [-0.1, -0.05) is 66.2 Å². The van der Waals surface area contributed by atoms with Gasteiger partial charge in [-0.2, -0.15) is 11.8 Å². The number of piperidine rings is 1. The van der Waals surface area contributed by atoms with Gasteiger partial charge in [0.25, 0.3) is 0 Å². The molecule has 1 saturated heterocycles. The van der Waals surface area contributed by atoms with E-state index in [0.29, 0.717) is 0 Å². The van der Waals surface area contributed by atoms with Crippen LogP contribution in [-0.2, 0) is 17.1 Å². The molecule has 0 unspecified atom stereocenters. The predicted molar refractivity (Wildman–Crippen MR) is 133 cm³/mol. The number of likely N-dealkylation sites (tertiary alicyclic amines) is 1. The number of nitrogens with one attached hydrogen (secondary N) is 1. The Kier molecular flexibility index (Phi) is 7.90. The van der Waals surface area contributed by atoms with Crippen molar-refractivity contribution in [2.45, 2.75) is 25.1 Å². The van der Waals surface area contributed by atoms with E-state index in [1.807, 2.05) is 30.0 Å². The molecule has 0 bridgehead atoms. The van der Waals surface area contributed by atoms with Crippen molar-refractivity contribution in [1.29, 1.82) is 0 Å². The van der Waals surface area contributed by atoms with E-state index in [9.17, 15) is 4.79 Å². The van der Waals surface area contributed by atoms with E-state index in [0.717, 1.165) is 55.5 Å². The third kappa shape index (κ3) is 6.25. The van der Waals surface area contributed by atoms with Gasteiger partial charge in [0, 0.05) is 35.5 Å². The maximum absolute atomic E-state index is 12.6. The van der Waals surface area contributed by atoms with Gasteiger partial charge in [0.15, 0.2) is 0 Å². The first kappa shape index (κ1) is 22.2. The molecule has 1 heterocycles. The molecule has 0 saturated carbocycles. The molecule has 1 N–H and O–H groups in total. The van der Waals surface area contributed by atoms with E-state index < -0.39 is 0 Å². The molecule has 1 fully saturated rings. The number of carbonyl (C=O) groups excluding carboxylic acids is 1. The Bertz CT molecular complexity index is 1010. The van der Waals surface area contributed by atoms with Gasteiger partial charge in [0.05, 0.1) is 0 Å². The van der Waals surface area contributed by atoms with E-state index in [1.54, 1.807) is 0 Å². The van der Waals surface area contributed by atoms with Crippen molar-refractivity contribution in [2.24, 2.45) is 5.92 Å². The molecule has 5 heteroatoms. The van der Waals surface area contributed by atoms with E-state index in [1.165, 1.54) is 21.9 Å². The number of thioether (sulfide) groups is 1. The van der Waals surface area contributed by atoms with Gasteiger partial charge in [-0.15, -0.1) is 0 Å². The van der Waals surface area contributed by atoms with Crippen LogP contribution in [0.25, 0.3) is 10.8 Å². The van der Waals surface area contributed by atoms with Crippen LogP contribution in [0.5, 0.6) is 0 Å². The summed E-state index contributed by atoms with van der Waals surface area (Å²) in [5, 5.41) is 6.54. The Labute approximate surface area is 194 Å². The highest BCUT2D eigenvalue weighted by atomic mass is 35.5. The predicted octanol–water partition coefficient (Wildman–Crippen LogP) is 5.75. The topological polar surface area (TPSA) is 32.3 Å². The summed E-state index contributed by atoms with van der Waals surface area (Å²) in [5.74, 6) is 2.19. The minimum absolute atomic E-state index is 0.140. The average molecular weight is 453 g/mol. The molecule has 0 aromatic heterocycles. The van der Waals surface area contributed by atoms with E-state index in [-0.39, 0.29) is 11.8 Å². The highest BCUT2D eigenvalue weighted by Crippen LogP contribution is 2.23. The quantitative estimate of drug-likeness (QED) is 0.441. The zero-order valence-corrected chi connectivity index (χ0v) is 19.3. The van der Waals surface area contributed by atoms with Gasteiger partial charge in [-0.3, -0.25) is 9.69 Å². The molecule has 0 spiro atoms. The van der Waals surface area contributed by atoms with Crippen LogP contribution < -0.4 is 5.32 Å². The summed E-state index contributed by atoms with van der Waals surface area (Å²) in [6.07, 6.45) is 1.87. The molecule has 31 heavy (non-hydrogen) atoms. The van der Waals surface area contributed by atoms with Crippen LogP contribution in [-0.4, -0.2) is 36.2 Å². The second kappa shape index (κ2) is 11.0. The molecule has 162 valence electrons. The fourth-order valence-corrected chi connectivity index (χ4v) is 5.25. The minimum atomic E-state index is 0.140. The number of carbonyl (C=O) groups is 1. The highest BCUT2D eigenvalue weighted by molar-refractivity contribution is 7.98. The first-order valence-electron chi connectivity index (χ1n) is 11.0. The number of hydrogen-bond acceptors (Lipinski definition) is 3. The van der Waals surface area contributed by atoms with Crippen LogP contribution in [0.1, 0.15) is 24.0 Å². The van der Waals surface area contributed by atoms with Crippen molar-refractivity contribution < 1.29 is 4.79 Å². The van der Waals surface area contributed by atoms with Gasteiger partial charge in [-0.25, -0.2) is 0 Å². The monoisotopic (exact) mass is 452 g/mol. The van der Waals surface area contributed by atoms with Crippen LogP contribution in [0, 0.1) is 5.92 Å². The van der Waals surface area contributed by atoms with Gasteiger partial charge in [-0.05, 0) is 60.0 Å². The number of rotatable bonds is 8. The van der Waals surface area contributed by atoms with Crippen LogP contribution in [0.4, 0.5) is 0 Å². The summed E-state index contributed by atoms with van der Waals surface area (Å²) in [5.41, 5.74) is 2.60. The molecule has 0 aliphatic carbocycles. The highest BCUT2D eigenvalue weighted by Gasteiger charge is 2.24. The van der Waals surface area contributed by atoms with E-state index in [4.69, 9.17) is 11.6 Å². The summed E-state index contributed by atoms with van der Waals surface area (Å²) in [4.78, 5) is 15.0. The number of benzene rings is 3. The molecule has 3 nitrogen and oxygen atoms in total. The summed E-state index contributed by atoms with van der Waals surface area (Å²) in [6.45, 7) is 3.63. The third-order valence-corrected chi connectivity index (χ3v) is 7.20. The Hall–Kier alpha value is -2.01. The largest absolute Gasteiger partial charge is 0.355 e. The van der Waals surface area contributed by atoms with Crippen LogP contribution in [0.15, 0.2) is 66.7 Å². The van der Waals surface area contributed by atoms with Gasteiger partial charge in [0.1, 0.15) is 0 Å². The van der Waals surface area contributed by atoms with Crippen molar-refractivity contribution in [1.82, 2.24) is 10.2 Å². The van der Waals surface area contributed by atoms with Crippen LogP contribution in [0.3, 0.4) is 0 Å². The second-order valence-electron chi connectivity index (χ2n) is 8.16. The van der Waals surface area contributed by atoms with Crippen molar-refractivity contribution in [2.75, 3.05) is 25.4 Å². The summed E-state index contributed by atoms with van der Waals surface area (Å²) in [6, 6.07) is 23.1. The molecule has 0 radical (unpaired) electrons. The maximum atomic E-state index is 12.6. The molecule has 3 aromatic rings. The molecule has 1 aliphatic heterocycles. The van der Waals surface area contributed by atoms with Gasteiger partial charge in [0.2, 0.25) is 5.91 Å². The molecule has 0 atom stereocenters. The Morgan fingerprint density at radius 3 is 2.65 bits per heavy atom. The first-order valence-corrected chi connectivity index (χ1v) is 12.5. The number of amides is 1. The third-order valence-electron chi connectivity index (χ3n) is 5.94. The van der Waals surface area contributed by atoms with Crippen molar-refractivity contribution in [3.63, 3.8) is 0 Å². The van der Waals surface area contributed by atoms with Crippen molar-refractivity contribution >= 4 is 40.0 Å². The van der Waals surface area contributed by atoms with E-state index in [2.05, 4.69) is 58.7 Å². The lowest BCUT2D eigenvalue weighted by Crippen LogP contribution is -2.40. The van der Waals surface area contributed by atoms with Gasteiger partial charge < -0.3 is 5.32 Å². The molecular formula is C26H29ClN2OS. The molecule has 3 aromatic carbocycles. The zero-order chi connectivity index (χ0) is 21.5. The summed E-state index contributed by atoms with van der Waals surface area (Å²) < 4.78 is 0. The fraction of sp³-hybridized carbons (Fsp3) is 0.346. The van der Waals surface area contributed by atoms with Gasteiger partial charge >= 0.3 is 0 Å². The normalized spacial score (nSPS) is 15.3. The molecular weight excluding hydrogens is 424 g/mol. The molecule has 4 rings (SSSR count). The smallest absolute Gasteiger partial charge is 0.223 e. The summed E-state index contributed by atoms with van der Waals surface area (Å²) in [7, 11) is 0. The van der Waals surface area contributed by atoms with Crippen LogP contribution >= 0.6 is 23.4 Å². The Balaban J connectivity index is 1.17. The number of nitrogens with zero attached hydrogens (tertiary/aromatic N) is 1. The van der Waals surface area contributed by atoms with Crippen molar-refractivity contribution in [3.05, 3.63) is 82.9 Å². The summed E-state index contributed by atoms with van der Waals surface area (Å²) >= 11 is 7.85. The number of hydrogen-bond donors (Lipinski definition) is 1. The van der Waals surface area contributed by atoms with Crippen LogP contribution in [0.2, 0.25) is 5.02 Å². The maximum Gasteiger partial charge on any atom is 0.223 e. The lowest BCUT2D eigenvalue weighted by molar-refractivity contribution is -0.126. The number of halogens is 1. The SMILES string of the molecule is O=C(NCCSCc1cccc(Cl)c1)C1CCN(Cc2cccc3ccccc23)CC1. The standard InChI is InChI=1S/C26H29ClN2OS/c27-24-9-3-5-20(17-24)19-31-16-13-28-26(30)22-11-14-29(15-12-22)18-23-8-4-7-21-6-1-2-10-25(21)23/h1-10,17,22H,11-16,18-19H2,(H,28,30). The van der Waals surface area contributed by atoms with E-state index >= 15 is 0 Å². The molecule has 1 aliphatic rings. The first-order chi connectivity index (χ1) is 15.2. The fourth-order valence-electron chi connectivity index (χ4n) is 4.23. The van der Waals surface area contributed by atoms with Crippen molar-refractivity contribution in [3.8, 4) is 0 Å².